The molecule has 0 bridgehead atoms. The maximum absolute atomic E-state index is 12.8. The summed E-state index contributed by atoms with van der Waals surface area (Å²) in [7, 11) is 0. The number of nitrogens with two attached hydrogens (primary N) is 1. The Kier molecular flexibility index (Phi) is 1.88. The van der Waals surface area contributed by atoms with Crippen molar-refractivity contribution in [3.8, 4) is 5.69 Å². The summed E-state index contributed by atoms with van der Waals surface area (Å²) >= 11 is 0. The fourth-order valence-electron chi connectivity index (χ4n) is 1.07. The minimum absolute atomic E-state index is 0.0506. The third-order valence-electron chi connectivity index (χ3n) is 1.62. The van der Waals surface area contributed by atoms with Gasteiger partial charge in [-0.3, -0.25) is 0 Å². The van der Waals surface area contributed by atoms with Crippen molar-refractivity contribution >= 4 is 5.95 Å². The minimum Gasteiger partial charge on any atom is -0.366 e. The van der Waals surface area contributed by atoms with Gasteiger partial charge in [-0.2, -0.15) is 0 Å². The van der Waals surface area contributed by atoms with Crippen LogP contribution in [0.2, 0.25) is 0 Å². The molecule has 1 aromatic heterocycles. The predicted octanol–water partition coefficient (Wildman–Crippen LogP) is 1.13. The van der Waals surface area contributed by atoms with Gasteiger partial charge >= 0.3 is 0 Å². The second-order valence-corrected chi connectivity index (χ2v) is 2.67. The smallest absolute Gasteiger partial charge is 0.239 e. The lowest BCUT2D eigenvalue weighted by Crippen LogP contribution is -1.97. The monoisotopic (exact) mass is 196 g/mol. The van der Waals surface area contributed by atoms with Gasteiger partial charge in [0.2, 0.25) is 5.95 Å². The zero-order chi connectivity index (χ0) is 10.1. The summed E-state index contributed by atoms with van der Waals surface area (Å²) in [5, 5.41) is 3.71. The topological polar surface area (TPSA) is 56.7 Å². The molecular formula is C8H6F2N4. The van der Waals surface area contributed by atoms with Gasteiger partial charge in [-0.15, -0.1) is 5.10 Å². The van der Waals surface area contributed by atoms with Crippen LogP contribution in [-0.2, 0) is 0 Å². The lowest BCUT2D eigenvalue weighted by Gasteiger charge is -1.99. The molecule has 72 valence electrons. The molecule has 14 heavy (non-hydrogen) atoms. The summed E-state index contributed by atoms with van der Waals surface area (Å²) in [6.45, 7) is 0. The van der Waals surface area contributed by atoms with Gasteiger partial charge in [-0.05, 0) is 12.1 Å². The molecule has 0 saturated carbocycles. The second-order valence-electron chi connectivity index (χ2n) is 2.67. The third-order valence-corrected chi connectivity index (χ3v) is 1.62. The molecule has 0 unspecified atom stereocenters. The lowest BCUT2D eigenvalue weighted by atomic mass is 10.3. The van der Waals surface area contributed by atoms with Crippen molar-refractivity contribution in [1.82, 2.24) is 14.8 Å². The number of aromatic nitrogens is 3. The van der Waals surface area contributed by atoms with E-state index in [1.807, 2.05) is 0 Å². The van der Waals surface area contributed by atoms with Crippen molar-refractivity contribution in [2.45, 2.75) is 0 Å². The highest BCUT2D eigenvalue weighted by Crippen LogP contribution is 2.11. The molecule has 1 heterocycles. The molecule has 0 aliphatic rings. The van der Waals surface area contributed by atoms with Gasteiger partial charge in [0.05, 0.1) is 5.69 Å². The molecule has 2 aromatic rings. The van der Waals surface area contributed by atoms with Crippen LogP contribution in [0.5, 0.6) is 0 Å². The van der Waals surface area contributed by atoms with Crippen molar-refractivity contribution in [2.24, 2.45) is 0 Å². The van der Waals surface area contributed by atoms with Crippen molar-refractivity contribution in [1.29, 1.82) is 0 Å². The zero-order valence-corrected chi connectivity index (χ0v) is 6.98. The van der Waals surface area contributed by atoms with E-state index in [-0.39, 0.29) is 11.6 Å². The molecule has 0 saturated heterocycles. The highest BCUT2D eigenvalue weighted by atomic mass is 19.1. The van der Waals surface area contributed by atoms with Crippen molar-refractivity contribution in [3.05, 3.63) is 36.2 Å². The van der Waals surface area contributed by atoms with Gasteiger partial charge < -0.3 is 5.73 Å². The maximum Gasteiger partial charge on any atom is 0.239 e. The van der Waals surface area contributed by atoms with E-state index in [0.717, 1.165) is 18.2 Å². The molecular weight excluding hydrogens is 190 g/mol. The summed E-state index contributed by atoms with van der Waals surface area (Å²) in [6, 6.07) is 3.05. The van der Waals surface area contributed by atoms with E-state index >= 15 is 0 Å². The summed E-state index contributed by atoms with van der Waals surface area (Å²) < 4.78 is 26.8. The van der Waals surface area contributed by atoms with Gasteiger partial charge in [-0.1, -0.05) is 0 Å². The van der Waals surface area contributed by atoms with E-state index in [2.05, 4.69) is 10.1 Å². The van der Waals surface area contributed by atoms with Gasteiger partial charge in [0.25, 0.3) is 0 Å². The first kappa shape index (κ1) is 8.61. The number of nitrogen functional groups attached to an aromatic ring is 1. The fourth-order valence-corrected chi connectivity index (χ4v) is 1.07. The van der Waals surface area contributed by atoms with Crippen molar-refractivity contribution < 1.29 is 8.78 Å². The molecule has 0 fully saturated rings. The van der Waals surface area contributed by atoms with Crippen LogP contribution in [0, 0.1) is 11.6 Å². The van der Waals surface area contributed by atoms with Gasteiger partial charge in [0.1, 0.15) is 18.0 Å². The number of hydrogen-bond acceptors (Lipinski definition) is 3. The Morgan fingerprint density at radius 2 is 1.79 bits per heavy atom. The van der Waals surface area contributed by atoms with Gasteiger partial charge in [0, 0.05) is 6.07 Å². The van der Waals surface area contributed by atoms with Crippen LogP contribution in [0.15, 0.2) is 24.5 Å². The van der Waals surface area contributed by atoms with Crippen LogP contribution < -0.4 is 5.73 Å². The Bertz CT molecular complexity index is 446. The van der Waals surface area contributed by atoms with E-state index in [1.165, 1.54) is 11.0 Å². The molecule has 0 spiro atoms. The number of halogens is 2. The maximum atomic E-state index is 12.8. The number of anilines is 1. The van der Waals surface area contributed by atoms with Crippen LogP contribution in [0.1, 0.15) is 0 Å². The van der Waals surface area contributed by atoms with Crippen LogP contribution in [0.3, 0.4) is 0 Å². The molecule has 1 aromatic carbocycles. The summed E-state index contributed by atoms with van der Waals surface area (Å²) in [5.74, 6) is -1.29. The Morgan fingerprint density at radius 1 is 1.14 bits per heavy atom. The molecule has 6 heteroatoms. The average molecular weight is 196 g/mol. The number of nitrogens with zero attached hydrogens (tertiary/aromatic N) is 3. The summed E-state index contributed by atoms with van der Waals surface area (Å²) in [6.07, 6.45) is 1.28. The molecule has 0 amide bonds. The third kappa shape index (κ3) is 1.54. The van der Waals surface area contributed by atoms with E-state index in [9.17, 15) is 8.78 Å². The molecule has 0 atom stereocenters. The highest BCUT2D eigenvalue weighted by Gasteiger charge is 2.03. The fraction of sp³-hybridized carbons (Fsp3) is 0. The lowest BCUT2D eigenvalue weighted by molar-refractivity contribution is 0.580. The van der Waals surface area contributed by atoms with Crippen LogP contribution in [0.4, 0.5) is 14.7 Å². The quantitative estimate of drug-likeness (QED) is 0.743. The number of benzene rings is 1. The average Bonchev–Trinajstić information content (AvgIpc) is 2.50. The number of hydrogen-bond donors (Lipinski definition) is 1. The molecule has 2 rings (SSSR count). The minimum atomic E-state index is -0.672. The molecule has 0 aliphatic heterocycles. The van der Waals surface area contributed by atoms with E-state index in [0.29, 0.717) is 0 Å². The van der Waals surface area contributed by atoms with Crippen molar-refractivity contribution in [3.63, 3.8) is 0 Å². The first-order chi connectivity index (χ1) is 6.65. The second kappa shape index (κ2) is 3.06. The highest BCUT2D eigenvalue weighted by molar-refractivity contribution is 5.32. The zero-order valence-electron chi connectivity index (χ0n) is 6.98. The summed E-state index contributed by atoms with van der Waals surface area (Å²) in [4.78, 5) is 3.64. The van der Waals surface area contributed by atoms with Crippen LogP contribution in [-0.4, -0.2) is 14.8 Å². The first-order valence-corrected chi connectivity index (χ1v) is 3.79. The Morgan fingerprint density at radius 3 is 2.29 bits per heavy atom. The predicted molar refractivity (Wildman–Crippen MR) is 45.7 cm³/mol. The van der Waals surface area contributed by atoms with E-state index in [4.69, 9.17) is 5.73 Å². The standard InChI is InChI=1S/C8H6F2N4/c9-5-1-6(10)3-7(2-5)14-4-12-8(11)13-14/h1-4H,(H2,11,13). The summed E-state index contributed by atoms with van der Waals surface area (Å²) in [5.41, 5.74) is 5.50. The van der Waals surface area contributed by atoms with Crippen molar-refractivity contribution in [2.75, 3.05) is 5.73 Å². The Labute approximate surface area is 78.0 Å². The molecule has 0 aliphatic carbocycles. The van der Waals surface area contributed by atoms with Gasteiger partial charge in [-0.25, -0.2) is 18.4 Å². The Balaban J connectivity index is 2.51. The Hall–Kier alpha value is -1.98. The van der Waals surface area contributed by atoms with Gasteiger partial charge in [0.15, 0.2) is 0 Å². The molecule has 2 N–H and O–H groups in total. The van der Waals surface area contributed by atoms with E-state index in [1.54, 1.807) is 0 Å². The largest absolute Gasteiger partial charge is 0.366 e. The SMILES string of the molecule is Nc1ncn(-c2cc(F)cc(F)c2)n1. The molecule has 0 radical (unpaired) electrons. The van der Waals surface area contributed by atoms with E-state index < -0.39 is 11.6 Å². The van der Waals surface area contributed by atoms with Crippen LogP contribution in [0.25, 0.3) is 5.69 Å². The normalized spacial score (nSPS) is 10.4. The first-order valence-electron chi connectivity index (χ1n) is 3.79. The van der Waals surface area contributed by atoms with Crippen LogP contribution >= 0.6 is 0 Å². The number of rotatable bonds is 1. The molecule has 4 nitrogen and oxygen atoms in total.